The number of aliphatic hydroxyl groups is 1. The van der Waals surface area contributed by atoms with Crippen LogP contribution in [0.3, 0.4) is 0 Å². The van der Waals surface area contributed by atoms with Gasteiger partial charge in [-0.1, -0.05) is 0 Å². The first-order chi connectivity index (χ1) is 6.22. The van der Waals surface area contributed by atoms with E-state index >= 15 is 0 Å². The minimum absolute atomic E-state index is 0.250. The zero-order valence-corrected chi connectivity index (χ0v) is 7.98. The molecule has 1 heterocycles. The van der Waals surface area contributed by atoms with Crippen LogP contribution < -0.4 is 5.73 Å². The van der Waals surface area contributed by atoms with E-state index in [2.05, 4.69) is 4.98 Å². The van der Waals surface area contributed by atoms with Crippen LogP contribution in [0.4, 0.5) is 0 Å². The number of rotatable bonds is 5. The van der Waals surface area contributed by atoms with Crippen molar-refractivity contribution in [3.8, 4) is 0 Å². The van der Waals surface area contributed by atoms with Crippen molar-refractivity contribution < 1.29 is 5.11 Å². The zero-order valence-electron chi connectivity index (χ0n) is 7.98. The number of aliphatic hydroxyl groups excluding tert-OH is 1. The Balaban J connectivity index is 2.39. The molecule has 0 spiro atoms. The van der Waals surface area contributed by atoms with Crippen molar-refractivity contribution in [2.75, 3.05) is 6.54 Å². The van der Waals surface area contributed by atoms with E-state index in [1.807, 2.05) is 10.8 Å². The lowest BCUT2D eigenvalue weighted by molar-refractivity contribution is 0.178. The van der Waals surface area contributed by atoms with E-state index < -0.39 is 0 Å². The molecule has 1 aromatic rings. The maximum atomic E-state index is 9.07. The van der Waals surface area contributed by atoms with Gasteiger partial charge in [0.05, 0.1) is 18.1 Å². The van der Waals surface area contributed by atoms with E-state index in [0.29, 0.717) is 6.54 Å². The summed E-state index contributed by atoms with van der Waals surface area (Å²) in [7, 11) is 0. The summed E-state index contributed by atoms with van der Waals surface area (Å²) in [5, 5.41) is 9.07. The van der Waals surface area contributed by atoms with Crippen LogP contribution in [0.2, 0.25) is 0 Å². The Morgan fingerprint density at radius 2 is 2.46 bits per heavy atom. The highest BCUT2D eigenvalue weighted by atomic mass is 16.3. The summed E-state index contributed by atoms with van der Waals surface area (Å²) in [5.41, 5.74) is 6.42. The van der Waals surface area contributed by atoms with Crippen LogP contribution in [0.15, 0.2) is 12.5 Å². The number of aromatic nitrogens is 2. The third kappa shape index (κ3) is 3.57. The Labute approximate surface area is 78.4 Å². The van der Waals surface area contributed by atoms with Crippen LogP contribution in [-0.2, 0) is 13.0 Å². The van der Waals surface area contributed by atoms with Crippen molar-refractivity contribution in [2.24, 2.45) is 5.73 Å². The molecule has 0 saturated heterocycles. The number of hydrogen-bond acceptors (Lipinski definition) is 3. The standard InChI is InChI=1S/C9H17N3O/c1-8(13)3-5-12-6-9(2-4-10)11-7-12/h6-8,13H,2-5,10H2,1H3. The second-order valence-corrected chi connectivity index (χ2v) is 3.28. The first kappa shape index (κ1) is 10.2. The molecule has 0 aliphatic heterocycles. The van der Waals surface area contributed by atoms with Gasteiger partial charge in [-0.2, -0.15) is 0 Å². The van der Waals surface area contributed by atoms with Crippen LogP contribution in [0.5, 0.6) is 0 Å². The van der Waals surface area contributed by atoms with Gasteiger partial charge in [-0.05, 0) is 19.9 Å². The Bertz CT molecular complexity index is 245. The summed E-state index contributed by atoms with van der Waals surface area (Å²) >= 11 is 0. The van der Waals surface area contributed by atoms with Gasteiger partial charge in [0.15, 0.2) is 0 Å². The Morgan fingerprint density at radius 1 is 1.69 bits per heavy atom. The fourth-order valence-corrected chi connectivity index (χ4v) is 1.14. The number of imidazole rings is 1. The number of hydrogen-bond donors (Lipinski definition) is 2. The summed E-state index contributed by atoms with van der Waals surface area (Å²) < 4.78 is 1.98. The van der Waals surface area contributed by atoms with Gasteiger partial charge in [-0.25, -0.2) is 4.98 Å². The van der Waals surface area contributed by atoms with Crippen LogP contribution in [-0.4, -0.2) is 27.3 Å². The third-order valence-corrected chi connectivity index (χ3v) is 1.89. The number of aryl methyl sites for hydroxylation is 1. The van der Waals surface area contributed by atoms with E-state index in [1.54, 1.807) is 13.3 Å². The first-order valence-corrected chi connectivity index (χ1v) is 4.61. The lowest BCUT2D eigenvalue weighted by atomic mass is 10.3. The molecule has 0 fully saturated rings. The topological polar surface area (TPSA) is 64.1 Å². The summed E-state index contributed by atoms with van der Waals surface area (Å²) in [4.78, 5) is 4.19. The minimum atomic E-state index is -0.250. The van der Waals surface area contributed by atoms with Gasteiger partial charge in [0.1, 0.15) is 0 Å². The predicted molar refractivity (Wildman–Crippen MR) is 51.3 cm³/mol. The quantitative estimate of drug-likeness (QED) is 0.683. The second-order valence-electron chi connectivity index (χ2n) is 3.28. The van der Waals surface area contributed by atoms with Gasteiger partial charge in [-0.15, -0.1) is 0 Å². The Hall–Kier alpha value is -0.870. The molecule has 13 heavy (non-hydrogen) atoms. The van der Waals surface area contributed by atoms with Gasteiger partial charge in [0.2, 0.25) is 0 Å². The van der Waals surface area contributed by atoms with Gasteiger partial charge < -0.3 is 15.4 Å². The van der Waals surface area contributed by atoms with Crippen LogP contribution in [0.1, 0.15) is 19.0 Å². The van der Waals surface area contributed by atoms with Gasteiger partial charge in [0.25, 0.3) is 0 Å². The SMILES string of the molecule is CC(O)CCn1cnc(CCN)c1. The van der Waals surface area contributed by atoms with Crippen LogP contribution >= 0.6 is 0 Å². The molecule has 1 aromatic heterocycles. The molecule has 1 atom stereocenters. The van der Waals surface area contributed by atoms with Crippen molar-refractivity contribution in [2.45, 2.75) is 32.4 Å². The molecule has 0 aliphatic rings. The highest BCUT2D eigenvalue weighted by Gasteiger charge is 1.99. The number of nitrogens with zero attached hydrogens (tertiary/aromatic N) is 2. The molecular weight excluding hydrogens is 166 g/mol. The van der Waals surface area contributed by atoms with Crippen molar-refractivity contribution in [3.63, 3.8) is 0 Å². The highest BCUT2D eigenvalue weighted by molar-refractivity contribution is 4.96. The van der Waals surface area contributed by atoms with E-state index in [4.69, 9.17) is 10.8 Å². The van der Waals surface area contributed by atoms with E-state index in [-0.39, 0.29) is 6.10 Å². The van der Waals surface area contributed by atoms with Gasteiger partial charge in [0, 0.05) is 19.2 Å². The summed E-state index contributed by atoms with van der Waals surface area (Å²) in [6.07, 6.45) is 5.10. The van der Waals surface area contributed by atoms with E-state index in [9.17, 15) is 0 Å². The molecule has 1 rings (SSSR count). The molecule has 0 saturated carbocycles. The number of nitrogens with two attached hydrogens (primary N) is 1. The summed E-state index contributed by atoms with van der Waals surface area (Å²) in [6, 6.07) is 0. The molecule has 4 nitrogen and oxygen atoms in total. The van der Waals surface area contributed by atoms with Crippen molar-refractivity contribution in [1.82, 2.24) is 9.55 Å². The molecule has 0 bridgehead atoms. The maximum absolute atomic E-state index is 9.07. The smallest absolute Gasteiger partial charge is 0.0949 e. The highest BCUT2D eigenvalue weighted by Crippen LogP contribution is 1.99. The zero-order chi connectivity index (χ0) is 9.68. The molecule has 0 radical (unpaired) electrons. The summed E-state index contributed by atoms with van der Waals surface area (Å²) in [5.74, 6) is 0. The Kier molecular flexibility index (Phi) is 3.92. The predicted octanol–water partition coefficient (Wildman–Crippen LogP) is 0.155. The Morgan fingerprint density at radius 3 is 3.08 bits per heavy atom. The first-order valence-electron chi connectivity index (χ1n) is 4.61. The van der Waals surface area contributed by atoms with Crippen molar-refractivity contribution in [1.29, 1.82) is 0 Å². The normalized spacial score (nSPS) is 13.2. The van der Waals surface area contributed by atoms with Crippen molar-refractivity contribution in [3.05, 3.63) is 18.2 Å². The fourth-order valence-electron chi connectivity index (χ4n) is 1.14. The molecule has 0 amide bonds. The third-order valence-electron chi connectivity index (χ3n) is 1.89. The minimum Gasteiger partial charge on any atom is -0.393 e. The molecule has 74 valence electrons. The maximum Gasteiger partial charge on any atom is 0.0949 e. The van der Waals surface area contributed by atoms with E-state index in [1.165, 1.54) is 0 Å². The van der Waals surface area contributed by atoms with Crippen LogP contribution in [0.25, 0.3) is 0 Å². The van der Waals surface area contributed by atoms with Crippen molar-refractivity contribution >= 4 is 0 Å². The molecular formula is C9H17N3O. The lowest BCUT2D eigenvalue weighted by Gasteiger charge is -2.03. The lowest BCUT2D eigenvalue weighted by Crippen LogP contribution is -2.05. The van der Waals surface area contributed by atoms with Gasteiger partial charge in [-0.3, -0.25) is 0 Å². The fraction of sp³-hybridized carbons (Fsp3) is 0.667. The molecule has 0 aromatic carbocycles. The largest absolute Gasteiger partial charge is 0.393 e. The molecule has 3 N–H and O–H groups in total. The van der Waals surface area contributed by atoms with Crippen LogP contribution in [0, 0.1) is 0 Å². The molecule has 4 heteroatoms. The summed E-state index contributed by atoms with van der Waals surface area (Å²) in [6.45, 7) is 3.24. The van der Waals surface area contributed by atoms with Gasteiger partial charge >= 0.3 is 0 Å². The van der Waals surface area contributed by atoms with E-state index in [0.717, 1.165) is 25.1 Å². The monoisotopic (exact) mass is 183 g/mol. The average Bonchev–Trinajstić information content (AvgIpc) is 2.50. The molecule has 0 aliphatic carbocycles. The molecule has 1 unspecified atom stereocenters. The second kappa shape index (κ2) is 4.99. The average molecular weight is 183 g/mol.